The van der Waals surface area contributed by atoms with E-state index in [1.165, 1.54) is 75.3 Å². The van der Waals surface area contributed by atoms with E-state index in [2.05, 4.69) is 218 Å². The van der Waals surface area contributed by atoms with Gasteiger partial charge in [0.05, 0.1) is 0 Å². The molecule has 10 aromatic rings. The lowest BCUT2D eigenvalue weighted by Crippen LogP contribution is -2.74. The summed E-state index contributed by atoms with van der Waals surface area (Å²) in [5.74, 6) is 1.81. The molecule has 0 amide bonds. The Kier molecular flexibility index (Phi) is 7.58. The van der Waals surface area contributed by atoms with Crippen LogP contribution in [0.15, 0.2) is 218 Å². The third-order valence-electron chi connectivity index (χ3n) is 11.8. The van der Waals surface area contributed by atoms with Gasteiger partial charge in [0.25, 0.3) is 0 Å². The van der Waals surface area contributed by atoms with E-state index in [0.717, 1.165) is 22.6 Å². The second-order valence-electron chi connectivity index (χ2n) is 14.7. The first-order valence-corrected chi connectivity index (χ1v) is 21.3. The Bertz CT molecular complexity index is 3000. The van der Waals surface area contributed by atoms with E-state index >= 15 is 0 Å². The highest BCUT2D eigenvalue weighted by Crippen LogP contribution is 2.48. The van der Waals surface area contributed by atoms with Gasteiger partial charge in [-0.2, -0.15) is 0 Å². The number of fused-ring (bicyclic) bond motifs is 4. The van der Waals surface area contributed by atoms with Gasteiger partial charge in [0.15, 0.2) is 8.07 Å². The van der Waals surface area contributed by atoms with Gasteiger partial charge in [0.2, 0.25) is 0 Å². The van der Waals surface area contributed by atoms with E-state index in [9.17, 15) is 0 Å². The molecule has 0 aliphatic carbocycles. The van der Waals surface area contributed by atoms with Crippen LogP contribution >= 0.6 is 0 Å². The monoisotopic (exact) mass is 728 g/mol. The first kappa shape index (κ1) is 32.4. The summed E-state index contributed by atoms with van der Waals surface area (Å²) in [6, 6.07) is 80.5. The average molecular weight is 729 g/mol. The fourth-order valence-corrected chi connectivity index (χ4v) is 14.4. The maximum absolute atomic E-state index is 6.60. The molecule has 262 valence electrons. The van der Waals surface area contributed by atoms with E-state index in [1.807, 2.05) is 0 Å². The fraction of sp³-hybridized carbons (Fsp3) is 0. The summed E-state index contributed by atoms with van der Waals surface area (Å²) < 4.78 is 6.60. The van der Waals surface area contributed by atoms with Crippen molar-refractivity contribution in [3.8, 4) is 44.9 Å². The molecule has 0 bridgehead atoms. The summed E-state index contributed by atoms with van der Waals surface area (Å²) in [5, 5.41) is 12.9. The minimum Gasteiger partial charge on any atom is -0.456 e. The molecule has 56 heavy (non-hydrogen) atoms. The molecule has 0 aromatic heterocycles. The van der Waals surface area contributed by atoms with Crippen molar-refractivity contribution in [1.29, 1.82) is 0 Å². The van der Waals surface area contributed by atoms with Gasteiger partial charge in [0, 0.05) is 10.9 Å². The predicted octanol–water partition coefficient (Wildman–Crippen LogP) is 11.6. The summed E-state index contributed by atoms with van der Waals surface area (Å²) in [7, 11) is -2.76. The standard InChI is InChI=1S/C54H36OSi/c1-4-18-39(19-5-1)56(40-20-6-2-7-21-40,41-22-8-3-9-23-41)53-35-34-47(45-26-12-13-27-49(45)53)46-33-32-42(43-24-10-11-25-44(43)46)38-30-31-48-50-28-14-16-37-17-15-29-51(54(37)50)55-52(48)36-38/h1-36H. The molecule has 11 rings (SSSR count). The molecule has 0 saturated heterocycles. The molecule has 1 heterocycles. The highest BCUT2D eigenvalue weighted by molar-refractivity contribution is 7.20. The van der Waals surface area contributed by atoms with Crippen LogP contribution in [0.5, 0.6) is 11.5 Å². The molecule has 0 unspecified atom stereocenters. The predicted molar refractivity (Wildman–Crippen MR) is 239 cm³/mol. The number of hydrogen-bond donors (Lipinski definition) is 0. The lowest BCUT2D eigenvalue weighted by atomic mass is 9.89. The zero-order valence-electron chi connectivity index (χ0n) is 30.7. The molecule has 0 N–H and O–H groups in total. The molecule has 0 saturated carbocycles. The van der Waals surface area contributed by atoms with Crippen LogP contribution < -0.4 is 25.5 Å². The average Bonchev–Trinajstić information content (AvgIpc) is 3.27. The summed E-state index contributed by atoms with van der Waals surface area (Å²) in [4.78, 5) is 0. The summed E-state index contributed by atoms with van der Waals surface area (Å²) in [6.45, 7) is 0. The molecule has 0 spiro atoms. The normalized spacial score (nSPS) is 12.1. The van der Waals surface area contributed by atoms with E-state index in [1.54, 1.807) is 0 Å². The molecule has 1 nitrogen and oxygen atoms in total. The van der Waals surface area contributed by atoms with Gasteiger partial charge in [-0.1, -0.05) is 200 Å². The van der Waals surface area contributed by atoms with Gasteiger partial charge in [-0.05, 0) is 93.7 Å². The molecular weight excluding hydrogens is 693 g/mol. The van der Waals surface area contributed by atoms with Crippen molar-refractivity contribution >= 4 is 61.1 Å². The summed E-state index contributed by atoms with van der Waals surface area (Å²) in [5.41, 5.74) is 7.16. The molecule has 10 aromatic carbocycles. The smallest absolute Gasteiger partial charge is 0.180 e. The SMILES string of the molecule is c1ccc([Si](c2ccccc2)(c2ccccc2)c2ccc(-c3ccc(-c4ccc5c(c4)Oc4cccc6cccc-5c46)c4ccccc34)c3ccccc23)cc1. The van der Waals surface area contributed by atoms with E-state index in [-0.39, 0.29) is 0 Å². The third kappa shape index (κ3) is 4.93. The van der Waals surface area contributed by atoms with Gasteiger partial charge in [0.1, 0.15) is 11.5 Å². The Balaban J connectivity index is 1.10. The second kappa shape index (κ2) is 13.1. The van der Waals surface area contributed by atoms with E-state index in [0.29, 0.717) is 0 Å². The van der Waals surface area contributed by atoms with Crippen molar-refractivity contribution in [2.24, 2.45) is 0 Å². The maximum atomic E-state index is 6.60. The largest absolute Gasteiger partial charge is 0.456 e. The van der Waals surface area contributed by atoms with Crippen LogP contribution in [-0.4, -0.2) is 8.07 Å². The van der Waals surface area contributed by atoms with Gasteiger partial charge >= 0.3 is 0 Å². The van der Waals surface area contributed by atoms with Crippen molar-refractivity contribution in [3.63, 3.8) is 0 Å². The van der Waals surface area contributed by atoms with Gasteiger partial charge in [-0.25, -0.2) is 0 Å². The fourth-order valence-electron chi connectivity index (χ4n) is 9.41. The Morgan fingerprint density at radius 1 is 0.304 bits per heavy atom. The van der Waals surface area contributed by atoms with Crippen LogP contribution in [0.2, 0.25) is 0 Å². The molecule has 1 aliphatic rings. The van der Waals surface area contributed by atoms with Crippen LogP contribution in [0.25, 0.3) is 65.7 Å². The van der Waals surface area contributed by atoms with Crippen LogP contribution in [0.3, 0.4) is 0 Å². The Labute approximate surface area is 327 Å². The van der Waals surface area contributed by atoms with Crippen LogP contribution in [0.4, 0.5) is 0 Å². The van der Waals surface area contributed by atoms with E-state index in [4.69, 9.17) is 4.74 Å². The lowest BCUT2D eigenvalue weighted by molar-refractivity contribution is 0.487. The number of ether oxygens (including phenoxy) is 1. The molecule has 1 aliphatic heterocycles. The topological polar surface area (TPSA) is 9.23 Å². The summed E-state index contributed by atoms with van der Waals surface area (Å²) in [6.07, 6.45) is 0. The van der Waals surface area contributed by atoms with E-state index < -0.39 is 8.07 Å². The van der Waals surface area contributed by atoms with Crippen LogP contribution in [0, 0.1) is 0 Å². The minimum absolute atomic E-state index is 0.895. The number of rotatable bonds is 6. The third-order valence-corrected chi connectivity index (χ3v) is 16.7. The second-order valence-corrected chi connectivity index (χ2v) is 18.5. The van der Waals surface area contributed by atoms with Crippen molar-refractivity contribution in [1.82, 2.24) is 0 Å². The van der Waals surface area contributed by atoms with Crippen molar-refractivity contribution in [3.05, 3.63) is 218 Å². The zero-order valence-corrected chi connectivity index (χ0v) is 31.7. The van der Waals surface area contributed by atoms with Crippen LogP contribution in [0.1, 0.15) is 0 Å². The molecule has 0 atom stereocenters. The summed E-state index contributed by atoms with van der Waals surface area (Å²) >= 11 is 0. The minimum atomic E-state index is -2.76. The van der Waals surface area contributed by atoms with Gasteiger partial charge < -0.3 is 4.74 Å². The maximum Gasteiger partial charge on any atom is 0.180 e. The molecular formula is C54H36OSi. The lowest BCUT2D eigenvalue weighted by Gasteiger charge is -2.35. The van der Waals surface area contributed by atoms with Gasteiger partial charge in [-0.3, -0.25) is 0 Å². The number of hydrogen-bond acceptors (Lipinski definition) is 1. The van der Waals surface area contributed by atoms with Crippen molar-refractivity contribution in [2.75, 3.05) is 0 Å². The number of benzene rings is 10. The van der Waals surface area contributed by atoms with Crippen molar-refractivity contribution < 1.29 is 4.74 Å². The Morgan fingerprint density at radius 2 is 0.786 bits per heavy atom. The highest BCUT2D eigenvalue weighted by atomic mass is 28.3. The molecule has 0 radical (unpaired) electrons. The van der Waals surface area contributed by atoms with Crippen molar-refractivity contribution in [2.45, 2.75) is 0 Å². The zero-order chi connectivity index (χ0) is 37.1. The Morgan fingerprint density at radius 3 is 1.41 bits per heavy atom. The molecule has 0 fully saturated rings. The Hall–Kier alpha value is -7.00. The first-order valence-electron chi connectivity index (χ1n) is 19.3. The highest BCUT2D eigenvalue weighted by Gasteiger charge is 2.42. The molecule has 2 heteroatoms. The van der Waals surface area contributed by atoms with Gasteiger partial charge in [-0.15, -0.1) is 0 Å². The van der Waals surface area contributed by atoms with Crippen LogP contribution in [-0.2, 0) is 0 Å². The quantitative estimate of drug-likeness (QED) is 0.122. The first-order chi connectivity index (χ1) is 27.8.